The van der Waals surface area contributed by atoms with Gasteiger partial charge in [-0.15, -0.1) is 0 Å². The van der Waals surface area contributed by atoms with E-state index in [1.54, 1.807) is 11.0 Å². The Morgan fingerprint density at radius 1 is 1.36 bits per heavy atom. The Balaban J connectivity index is 1.52. The number of amides is 1. The van der Waals surface area contributed by atoms with Crippen LogP contribution in [0, 0.1) is 0 Å². The van der Waals surface area contributed by atoms with Gasteiger partial charge in [-0.2, -0.15) is 0 Å². The summed E-state index contributed by atoms with van der Waals surface area (Å²) in [7, 11) is 0. The lowest BCUT2D eigenvalue weighted by Gasteiger charge is -2.32. The quantitative estimate of drug-likeness (QED) is 0.841. The van der Waals surface area contributed by atoms with E-state index in [2.05, 4.69) is 9.97 Å². The highest BCUT2D eigenvalue weighted by atomic mass is 16.5. The van der Waals surface area contributed by atoms with Gasteiger partial charge in [0.05, 0.1) is 19.0 Å². The summed E-state index contributed by atoms with van der Waals surface area (Å²) in [6, 6.07) is 11.2. The molecule has 0 spiro atoms. The molecule has 1 saturated heterocycles. The smallest absolute Gasteiger partial charge is 0.250 e. The van der Waals surface area contributed by atoms with Crippen LogP contribution in [0.3, 0.4) is 0 Å². The van der Waals surface area contributed by atoms with Crippen LogP contribution in [0.4, 0.5) is 0 Å². The first kappa shape index (κ1) is 17.1. The van der Waals surface area contributed by atoms with E-state index in [4.69, 9.17) is 4.74 Å². The largest absolute Gasteiger partial charge is 0.375 e. The van der Waals surface area contributed by atoms with Gasteiger partial charge in [0.25, 0.3) is 5.56 Å². The first-order valence-corrected chi connectivity index (χ1v) is 8.38. The first-order chi connectivity index (χ1) is 12.2. The van der Waals surface area contributed by atoms with E-state index >= 15 is 0 Å². The molecule has 2 aromatic rings. The third-order valence-electron chi connectivity index (χ3n) is 4.13. The molecule has 1 aliphatic heterocycles. The number of carbonyl (C=O) groups excluding carboxylic acids is 1. The number of aryl methyl sites for hydroxylation is 1. The second-order valence-corrected chi connectivity index (χ2v) is 5.96. The zero-order valence-electron chi connectivity index (χ0n) is 13.9. The molecule has 1 aliphatic rings. The third kappa shape index (κ3) is 5.12. The molecule has 0 aliphatic carbocycles. The fourth-order valence-corrected chi connectivity index (χ4v) is 2.79. The number of morpholine rings is 1. The van der Waals surface area contributed by atoms with E-state index in [1.165, 1.54) is 12.4 Å². The minimum atomic E-state index is -0.155. The monoisotopic (exact) mass is 339 g/mol. The highest BCUT2D eigenvalue weighted by Gasteiger charge is 2.22. The van der Waals surface area contributed by atoms with E-state index in [9.17, 15) is 9.59 Å². The molecular formula is C19H21N3O3. The van der Waals surface area contributed by atoms with Crippen LogP contribution in [0.25, 0.3) is 6.08 Å². The fraction of sp³-hybridized carbons (Fsp3) is 0.316. The van der Waals surface area contributed by atoms with Crippen LogP contribution in [-0.4, -0.2) is 46.6 Å². The molecule has 1 amide bonds. The van der Waals surface area contributed by atoms with Crippen molar-refractivity contribution in [2.24, 2.45) is 0 Å². The predicted octanol–water partition coefficient (Wildman–Crippen LogP) is 1.64. The molecule has 3 rings (SSSR count). The van der Waals surface area contributed by atoms with Gasteiger partial charge in [-0.05, 0) is 24.5 Å². The van der Waals surface area contributed by atoms with Gasteiger partial charge in [-0.1, -0.05) is 30.3 Å². The molecule has 6 nitrogen and oxygen atoms in total. The molecule has 1 atom stereocenters. The van der Waals surface area contributed by atoms with E-state index in [0.717, 1.165) is 17.7 Å². The zero-order valence-corrected chi connectivity index (χ0v) is 13.9. The molecule has 1 unspecified atom stereocenters. The van der Waals surface area contributed by atoms with E-state index in [-0.39, 0.29) is 17.6 Å². The van der Waals surface area contributed by atoms with Gasteiger partial charge in [-0.3, -0.25) is 9.59 Å². The molecule has 1 aromatic heterocycles. The van der Waals surface area contributed by atoms with Gasteiger partial charge in [0, 0.05) is 30.9 Å². The van der Waals surface area contributed by atoms with Gasteiger partial charge >= 0.3 is 0 Å². The summed E-state index contributed by atoms with van der Waals surface area (Å²) < 4.78 is 5.74. The van der Waals surface area contributed by atoms with Crippen molar-refractivity contribution in [1.29, 1.82) is 0 Å². The molecular weight excluding hydrogens is 318 g/mol. The molecule has 2 heterocycles. The number of nitrogens with one attached hydrogen (secondary N) is 1. The summed E-state index contributed by atoms with van der Waals surface area (Å²) in [6.45, 7) is 1.68. The summed E-state index contributed by atoms with van der Waals surface area (Å²) >= 11 is 0. The predicted molar refractivity (Wildman–Crippen MR) is 95.0 cm³/mol. The number of nitrogens with zero attached hydrogens (tertiary/aromatic N) is 2. The van der Waals surface area contributed by atoms with Gasteiger partial charge in [0.15, 0.2) is 0 Å². The maximum Gasteiger partial charge on any atom is 0.250 e. The second-order valence-electron chi connectivity index (χ2n) is 5.96. The number of hydrogen-bond donors (Lipinski definition) is 1. The standard InChI is InChI=1S/C19H21N3O3/c23-18-12-16(20-14-21-18)7-8-17-13-22(10-11-25-17)19(24)9-6-15-4-2-1-3-5-15/h1-6,9,12,14,17H,7-8,10-11,13H2,(H,20,21,23)/b9-6+. The third-order valence-corrected chi connectivity index (χ3v) is 4.13. The molecule has 1 fully saturated rings. The first-order valence-electron chi connectivity index (χ1n) is 8.38. The number of benzene rings is 1. The summed E-state index contributed by atoms with van der Waals surface area (Å²) in [5, 5.41) is 0. The number of aromatic nitrogens is 2. The Morgan fingerprint density at radius 3 is 3.00 bits per heavy atom. The van der Waals surface area contributed by atoms with Crippen molar-refractivity contribution in [3.8, 4) is 0 Å². The molecule has 130 valence electrons. The van der Waals surface area contributed by atoms with Crippen molar-refractivity contribution >= 4 is 12.0 Å². The van der Waals surface area contributed by atoms with Crippen LogP contribution >= 0.6 is 0 Å². The second kappa shape index (κ2) is 8.39. The number of hydrogen-bond acceptors (Lipinski definition) is 4. The molecule has 0 radical (unpaired) electrons. The molecule has 1 N–H and O–H groups in total. The molecule has 0 bridgehead atoms. The Labute approximate surface area is 146 Å². The Bertz CT molecular complexity index is 786. The fourth-order valence-electron chi connectivity index (χ4n) is 2.79. The minimum absolute atomic E-state index is 0.00793. The molecule has 6 heteroatoms. The lowest BCUT2D eigenvalue weighted by molar-refractivity contribution is -0.133. The number of ether oxygens (including phenoxy) is 1. The van der Waals surface area contributed by atoms with Crippen molar-refractivity contribution in [1.82, 2.24) is 14.9 Å². The molecule has 25 heavy (non-hydrogen) atoms. The van der Waals surface area contributed by atoms with E-state index < -0.39 is 0 Å². The van der Waals surface area contributed by atoms with Crippen molar-refractivity contribution in [2.45, 2.75) is 18.9 Å². The number of aromatic amines is 1. The van der Waals surface area contributed by atoms with Gasteiger partial charge in [0.2, 0.25) is 5.91 Å². The van der Waals surface area contributed by atoms with Gasteiger partial charge in [0.1, 0.15) is 0 Å². The SMILES string of the molecule is O=C(/C=C/c1ccccc1)N1CCOC(CCc2cc(=O)[nH]cn2)C1. The topological polar surface area (TPSA) is 75.3 Å². The van der Waals surface area contributed by atoms with Crippen LogP contribution in [0.5, 0.6) is 0 Å². The van der Waals surface area contributed by atoms with Crippen LogP contribution in [0.1, 0.15) is 17.7 Å². The van der Waals surface area contributed by atoms with Crippen molar-refractivity contribution in [3.05, 3.63) is 70.4 Å². The Kier molecular flexibility index (Phi) is 5.74. The van der Waals surface area contributed by atoms with Crippen LogP contribution in [0.15, 0.2) is 53.6 Å². The minimum Gasteiger partial charge on any atom is -0.375 e. The zero-order chi connectivity index (χ0) is 17.5. The van der Waals surface area contributed by atoms with E-state index in [0.29, 0.717) is 26.1 Å². The Morgan fingerprint density at radius 2 is 2.20 bits per heavy atom. The normalized spacial score (nSPS) is 17.8. The average molecular weight is 339 g/mol. The Hall–Kier alpha value is -2.73. The van der Waals surface area contributed by atoms with Crippen molar-refractivity contribution < 1.29 is 9.53 Å². The lowest BCUT2D eigenvalue weighted by atomic mass is 10.1. The number of rotatable bonds is 5. The average Bonchev–Trinajstić information content (AvgIpc) is 2.65. The van der Waals surface area contributed by atoms with E-state index in [1.807, 2.05) is 36.4 Å². The van der Waals surface area contributed by atoms with Crippen molar-refractivity contribution in [2.75, 3.05) is 19.7 Å². The summed E-state index contributed by atoms with van der Waals surface area (Å²) in [6.07, 6.45) is 6.18. The number of H-pyrrole nitrogens is 1. The van der Waals surface area contributed by atoms with Gasteiger partial charge in [-0.25, -0.2) is 4.98 Å². The maximum absolute atomic E-state index is 12.4. The highest BCUT2D eigenvalue weighted by Crippen LogP contribution is 2.12. The van der Waals surface area contributed by atoms with Crippen LogP contribution in [0.2, 0.25) is 0 Å². The number of carbonyl (C=O) groups is 1. The summed E-state index contributed by atoms with van der Waals surface area (Å²) in [5.41, 5.74) is 1.58. The van der Waals surface area contributed by atoms with Crippen LogP contribution in [-0.2, 0) is 16.0 Å². The summed E-state index contributed by atoms with van der Waals surface area (Å²) in [4.78, 5) is 32.1. The van der Waals surface area contributed by atoms with Crippen LogP contribution < -0.4 is 5.56 Å². The lowest BCUT2D eigenvalue weighted by Crippen LogP contribution is -2.45. The highest BCUT2D eigenvalue weighted by molar-refractivity contribution is 5.91. The van der Waals surface area contributed by atoms with Gasteiger partial charge < -0.3 is 14.6 Å². The molecule has 0 saturated carbocycles. The van der Waals surface area contributed by atoms with Crippen molar-refractivity contribution in [3.63, 3.8) is 0 Å². The maximum atomic E-state index is 12.4. The molecule has 1 aromatic carbocycles. The summed E-state index contributed by atoms with van der Waals surface area (Å²) in [5.74, 6) is -0.00793.